The summed E-state index contributed by atoms with van der Waals surface area (Å²) in [7, 11) is 3.50. The fraction of sp³-hybridized carbons (Fsp3) is 0.567. The third-order valence-corrected chi connectivity index (χ3v) is 7.93. The number of amides is 2. The molecule has 2 aromatic rings. The van der Waals surface area contributed by atoms with Crippen LogP contribution in [0.1, 0.15) is 61.9 Å². The van der Waals surface area contributed by atoms with Crippen LogP contribution in [0.15, 0.2) is 42.7 Å². The second kappa shape index (κ2) is 13.2. The fourth-order valence-electron chi connectivity index (χ4n) is 5.48. The second-order valence-electron chi connectivity index (χ2n) is 10.9. The van der Waals surface area contributed by atoms with E-state index in [4.69, 9.17) is 9.47 Å². The summed E-state index contributed by atoms with van der Waals surface area (Å²) in [6.07, 6.45) is 8.77. The average Bonchev–Trinajstić information content (AvgIpc) is 2.94. The lowest BCUT2D eigenvalue weighted by atomic mass is 9.88. The molecule has 1 aliphatic carbocycles. The van der Waals surface area contributed by atoms with Crippen molar-refractivity contribution >= 4 is 17.5 Å². The molecule has 206 valence electrons. The van der Waals surface area contributed by atoms with E-state index in [1.807, 2.05) is 18.3 Å². The number of carbonyl (C=O) groups excluding carboxylic acids is 2. The van der Waals surface area contributed by atoms with Crippen LogP contribution >= 0.6 is 0 Å². The first-order chi connectivity index (χ1) is 18.4. The van der Waals surface area contributed by atoms with E-state index in [2.05, 4.69) is 35.1 Å². The van der Waals surface area contributed by atoms with Gasteiger partial charge in [0.2, 0.25) is 5.91 Å². The monoisotopic (exact) mass is 522 g/mol. The molecular formula is C30H42N4O4. The molecule has 2 heterocycles. The van der Waals surface area contributed by atoms with E-state index in [1.165, 1.54) is 6.42 Å². The highest BCUT2D eigenvalue weighted by molar-refractivity contribution is 5.99. The fourth-order valence-corrected chi connectivity index (χ4v) is 5.48. The van der Waals surface area contributed by atoms with Gasteiger partial charge in [-0.05, 0) is 55.5 Å². The topological polar surface area (TPSA) is 84.0 Å². The molecule has 2 amide bonds. The standard InChI is InChI=1S/C30H42N4O4/c1-21-17-34(18-23-9-8-14-31-16-23)22(2)20-38-27-13-12-25(32-29(35)24-10-6-5-7-11-24)15-26(27)30(36)33(3)19-28(21)37-4/h8-9,12-16,21-22,24,28H,5-7,10-11,17-20H2,1-4H3,(H,32,35)/t21-,22+,28+/m1/s1. The van der Waals surface area contributed by atoms with Gasteiger partial charge < -0.3 is 19.7 Å². The first kappa shape index (κ1) is 28.0. The van der Waals surface area contributed by atoms with Gasteiger partial charge in [-0.15, -0.1) is 0 Å². The normalized spacial score (nSPS) is 24.1. The molecular weight excluding hydrogens is 480 g/mol. The predicted octanol–water partition coefficient (Wildman–Crippen LogP) is 4.61. The molecule has 1 aliphatic heterocycles. The minimum Gasteiger partial charge on any atom is -0.491 e. The van der Waals surface area contributed by atoms with Gasteiger partial charge >= 0.3 is 0 Å². The van der Waals surface area contributed by atoms with Gasteiger partial charge in [0, 0.05) is 63.8 Å². The zero-order valence-electron chi connectivity index (χ0n) is 23.2. The van der Waals surface area contributed by atoms with Gasteiger partial charge in [-0.25, -0.2) is 0 Å². The summed E-state index contributed by atoms with van der Waals surface area (Å²) >= 11 is 0. The third-order valence-electron chi connectivity index (χ3n) is 7.93. The number of anilines is 1. The van der Waals surface area contributed by atoms with Crippen LogP contribution in [-0.2, 0) is 16.1 Å². The summed E-state index contributed by atoms with van der Waals surface area (Å²) in [5.41, 5.74) is 2.21. The molecule has 0 spiro atoms. The summed E-state index contributed by atoms with van der Waals surface area (Å²) in [6, 6.07) is 9.51. The molecule has 3 atom stereocenters. The lowest BCUT2D eigenvalue weighted by Crippen LogP contribution is -2.46. The van der Waals surface area contributed by atoms with Crippen LogP contribution in [0.3, 0.4) is 0 Å². The summed E-state index contributed by atoms with van der Waals surface area (Å²) in [6.45, 7) is 6.70. The number of likely N-dealkylation sites (N-methyl/N-ethyl adjacent to an activating group) is 1. The Hall–Kier alpha value is -2.97. The van der Waals surface area contributed by atoms with E-state index < -0.39 is 0 Å². The number of ether oxygens (including phenoxy) is 2. The minimum atomic E-state index is -0.150. The Morgan fingerprint density at radius 1 is 1.16 bits per heavy atom. The molecule has 0 saturated heterocycles. The lowest BCUT2D eigenvalue weighted by Gasteiger charge is -2.36. The Kier molecular flexibility index (Phi) is 9.74. The van der Waals surface area contributed by atoms with E-state index in [1.54, 1.807) is 37.4 Å². The molecule has 1 N–H and O–H groups in total. The van der Waals surface area contributed by atoms with Gasteiger partial charge in [0.05, 0.1) is 11.7 Å². The maximum Gasteiger partial charge on any atom is 0.257 e. The molecule has 8 nitrogen and oxygen atoms in total. The van der Waals surface area contributed by atoms with Gasteiger partial charge in [0.25, 0.3) is 5.91 Å². The molecule has 8 heteroatoms. The number of pyridine rings is 1. The molecule has 2 aliphatic rings. The highest BCUT2D eigenvalue weighted by atomic mass is 16.5. The average molecular weight is 523 g/mol. The Morgan fingerprint density at radius 2 is 1.95 bits per heavy atom. The molecule has 0 radical (unpaired) electrons. The van der Waals surface area contributed by atoms with Crippen LogP contribution < -0.4 is 10.1 Å². The van der Waals surface area contributed by atoms with Gasteiger partial charge in [-0.3, -0.25) is 19.5 Å². The van der Waals surface area contributed by atoms with Crippen molar-refractivity contribution < 1.29 is 19.1 Å². The number of aromatic nitrogens is 1. The van der Waals surface area contributed by atoms with Gasteiger partial charge in [0.1, 0.15) is 12.4 Å². The lowest BCUT2D eigenvalue weighted by molar-refractivity contribution is -0.120. The highest BCUT2D eigenvalue weighted by Gasteiger charge is 2.29. The van der Waals surface area contributed by atoms with E-state index in [0.29, 0.717) is 30.2 Å². The number of benzene rings is 1. The van der Waals surface area contributed by atoms with Crippen molar-refractivity contribution in [2.24, 2.45) is 11.8 Å². The Morgan fingerprint density at radius 3 is 2.66 bits per heavy atom. The molecule has 1 aromatic carbocycles. The number of carbonyl (C=O) groups is 2. The number of methoxy groups -OCH3 is 1. The van der Waals surface area contributed by atoms with E-state index >= 15 is 0 Å². The smallest absolute Gasteiger partial charge is 0.257 e. The number of nitrogens with zero attached hydrogens (tertiary/aromatic N) is 3. The van der Waals surface area contributed by atoms with Crippen LogP contribution in [0.25, 0.3) is 0 Å². The molecule has 0 bridgehead atoms. The number of hydrogen-bond donors (Lipinski definition) is 1. The van der Waals surface area contributed by atoms with Crippen LogP contribution in [0.5, 0.6) is 5.75 Å². The van der Waals surface area contributed by atoms with E-state index in [9.17, 15) is 9.59 Å². The third kappa shape index (κ3) is 7.11. The van der Waals surface area contributed by atoms with Crippen molar-refractivity contribution in [2.45, 2.75) is 64.6 Å². The second-order valence-corrected chi connectivity index (χ2v) is 10.9. The largest absolute Gasteiger partial charge is 0.491 e. The van der Waals surface area contributed by atoms with Crippen LogP contribution in [-0.4, -0.2) is 72.6 Å². The molecule has 1 aromatic heterocycles. The molecule has 1 fully saturated rings. The number of fused-ring (bicyclic) bond motifs is 1. The Labute approximate surface area is 226 Å². The quantitative estimate of drug-likeness (QED) is 0.618. The molecule has 4 rings (SSSR count). The first-order valence-electron chi connectivity index (χ1n) is 13.8. The van der Waals surface area contributed by atoms with Crippen molar-refractivity contribution in [3.63, 3.8) is 0 Å². The van der Waals surface area contributed by atoms with Crippen molar-refractivity contribution in [2.75, 3.05) is 39.2 Å². The summed E-state index contributed by atoms with van der Waals surface area (Å²) in [5, 5.41) is 3.05. The zero-order chi connectivity index (χ0) is 27.1. The summed E-state index contributed by atoms with van der Waals surface area (Å²) in [4.78, 5) is 34.8. The number of hydrogen-bond acceptors (Lipinski definition) is 6. The Bertz CT molecular complexity index is 1070. The number of rotatable bonds is 5. The molecule has 0 unspecified atom stereocenters. The van der Waals surface area contributed by atoms with E-state index in [-0.39, 0.29) is 35.8 Å². The molecule has 1 saturated carbocycles. The Balaban J connectivity index is 1.59. The van der Waals surface area contributed by atoms with Gasteiger partial charge in [-0.1, -0.05) is 32.3 Å². The SMILES string of the molecule is CO[C@H]1CN(C)C(=O)c2cc(NC(=O)C3CCCCC3)ccc2OC[C@H](C)N(Cc2cccnc2)C[C@H]1C. The first-order valence-corrected chi connectivity index (χ1v) is 13.8. The van der Waals surface area contributed by atoms with Crippen molar-refractivity contribution in [1.29, 1.82) is 0 Å². The summed E-state index contributed by atoms with van der Waals surface area (Å²) < 4.78 is 12.1. The van der Waals surface area contributed by atoms with Crippen LogP contribution in [0.2, 0.25) is 0 Å². The van der Waals surface area contributed by atoms with Crippen molar-refractivity contribution in [3.05, 3.63) is 53.9 Å². The van der Waals surface area contributed by atoms with Crippen molar-refractivity contribution in [3.8, 4) is 5.75 Å². The summed E-state index contributed by atoms with van der Waals surface area (Å²) in [5.74, 6) is 0.619. The molecule has 38 heavy (non-hydrogen) atoms. The van der Waals surface area contributed by atoms with Crippen LogP contribution in [0, 0.1) is 11.8 Å². The van der Waals surface area contributed by atoms with Gasteiger partial charge in [-0.2, -0.15) is 0 Å². The zero-order valence-corrected chi connectivity index (χ0v) is 23.2. The van der Waals surface area contributed by atoms with Crippen molar-refractivity contribution in [1.82, 2.24) is 14.8 Å². The van der Waals surface area contributed by atoms with Gasteiger partial charge in [0.15, 0.2) is 0 Å². The minimum absolute atomic E-state index is 0.0347. The van der Waals surface area contributed by atoms with E-state index in [0.717, 1.165) is 44.3 Å². The maximum atomic E-state index is 13.6. The van der Waals surface area contributed by atoms with Crippen LogP contribution in [0.4, 0.5) is 5.69 Å². The number of nitrogens with one attached hydrogen (secondary N) is 1. The maximum absolute atomic E-state index is 13.6. The highest BCUT2D eigenvalue weighted by Crippen LogP contribution is 2.29. The predicted molar refractivity (Wildman–Crippen MR) is 148 cm³/mol.